The Hall–Kier alpha value is -1.99. The maximum absolute atomic E-state index is 15.7. The minimum Gasteiger partial charge on any atom is -0.432 e. The van der Waals surface area contributed by atoms with Crippen LogP contribution in [0, 0.1) is 50.2 Å². The van der Waals surface area contributed by atoms with Crippen molar-refractivity contribution in [2.45, 2.75) is 310 Å². The summed E-state index contributed by atoms with van der Waals surface area (Å²) in [6.07, 6.45) is -47.5. The number of rotatable bonds is 15. The molecule has 0 bridgehead atoms. The van der Waals surface area contributed by atoms with Gasteiger partial charge in [-0.15, -0.1) is 0 Å². The summed E-state index contributed by atoms with van der Waals surface area (Å²) in [7, 11) is 0. The zero-order chi connectivity index (χ0) is 71.0. The van der Waals surface area contributed by atoms with Gasteiger partial charge in [0.2, 0.25) is 6.29 Å². The lowest BCUT2D eigenvalue weighted by atomic mass is 9.33. The van der Waals surface area contributed by atoms with E-state index in [9.17, 15) is 97.0 Å². The molecular formula is C65H106O32. The molecule has 19 N–H and O–H groups in total. The van der Waals surface area contributed by atoms with Crippen LogP contribution >= 0.6 is 0 Å². The fraction of sp³-hybridized carbons (Fsp3) is 0.954. The Kier molecular flexibility index (Phi) is 22.1. The van der Waals surface area contributed by atoms with Crippen LogP contribution in [0.2, 0.25) is 0 Å². The van der Waals surface area contributed by atoms with Gasteiger partial charge in [-0.25, -0.2) is 0 Å². The van der Waals surface area contributed by atoms with Crippen LogP contribution in [0.1, 0.15) is 114 Å². The Morgan fingerprint density at radius 3 is 1.63 bits per heavy atom. The standard InChI is InChI=1S/C65H106O32/c1-23-35(72)39(76)43(80)54(87-23)93-49-29(70)21-86-53(46(49)83)92-48-25(3)89-55(45(82)42(48)79)95-51-41(78)36(73)24(2)88-58(51)97-59(85)65-15-14-60(4,5)16-27(65)26-10-11-33-61(6)17-28(69)52(62(7,22-68)32(61)12-13-63(33,8)64(26,9)18-34(65)71)96-57-47(84)50(38(75)31(20-67)91-57)94-56-44(81)40(77)37(74)30(19-66)90-56/h10,23-25,27-58,66-84H,11-22H2,1-9H3/t23-,24+,25-,27-,28-,29+,30+,31+,32+,33+,34+,35-,36-,37+,38+,39+,40-,41-,42-,43+,44+,45+,46+,47+,48-,49-,50-,51+,52-,53-,54-,55-,56-,57-,58-,61-,62-,63+,64+,65+/m0/s1. The quantitative estimate of drug-likeness (QED) is 0.0413. The number of carbonyl (C=O) groups is 1. The molecule has 0 amide bonds. The van der Waals surface area contributed by atoms with Gasteiger partial charge in [0.15, 0.2) is 37.6 Å². The Morgan fingerprint density at radius 2 is 1.00 bits per heavy atom. The lowest BCUT2D eigenvalue weighted by Crippen LogP contribution is -2.71. The Bertz CT molecular complexity index is 2750. The fourth-order valence-corrected chi connectivity index (χ4v) is 19.3. The minimum atomic E-state index is -2.01. The summed E-state index contributed by atoms with van der Waals surface area (Å²) in [6.45, 7) is 13.9. The first kappa shape index (κ1) is 76.1. The van der Waals surface area contributed by atoms with Gasteiger partial charge in [-0.2, -0.15) is 0 Å². The average molecular weight is 1400 g/mol. The summed E-state index contributed by atoms with van der Waals surface area (Å²) in [5.41, 5.74) is -4.54. The predicted octanol–water partition coefficient (Wildman–Crippen LogP) is -5.75. The van der Waals surface area contributed by atoms with Crippen LogP contribution in [0.3, 0.4) is 0 Å². The summed E-state index contributed by atoms with van der Waals surface area (Å²) in [5, 5.41) is 212. The molecule has 0 aromatic rings. The number of hydrogen-bond donors (Lipinski definition) is 19. The zero-order valence-electron chi connectivity index (χ0n) is 56.1. The summed E-state index contributed by atoms with van der Waals surface area (Å²) >= 11 is 0. The van der Waals surface area contributed by atoms with Crippen LogP contribution in [0.4, 0.5) is 0 Å². The van der Waals surface area contributed by atoms with E-state index in [4.69, 9.17) is 56.8 Å². The highest BCUT2D eigenvalue weighted by molar-refractivity contribution is 5.80. The van der Waals surface area contributed by atoms with Crippen molar-refractivity contribution < 1.29 is 159 Å². The first-order chi connectivity index (χ1) is 45.4. The number of allylic oxidation sites excluding steroid dienone is 2. The van der Waals surface area contributed by atoms with Crippen LogP contribution in [-0.4, -0.2) is 326 Å². The molecule has 0 aromatic heterocycles. The predicted molar refractivity (Wildman–Crippen MR) is 322 cm³/mol. The molecule has 11 aliphatic rings. The SMILES string of the molecule is C[C@@H]1O[C@@H](O[C@@H]2[C@@H](O)[C@H](O[C@@H]3[C@@H](O)[C@@H](O)[C@H](O[C@H]4[C@H](OC(=O)[C@]56CCC(C)(C)C[C@H]5C5=CC[C@@H]7[C@@]8(C)C[C@H](O)[C@H](O[C@@H]9O[C@H](CO)[C@@H](O)[C@H](O[C@@H]%10O[C@H](CO)[C@@H](O)[C@H](O)[C@H]%10O)[C@H]9O)[C@@](C)(CO)[C@@H]8CC[C@@]7(C)[C@]5(C)C[C@H]6O)O[C@H](C)[C@H](O)[C@@H]4O)O[C@H]3C)OC[C@H]2O)[C@H](O)[C@H](O)[C@H]1O. The van der Waals surface area contributed by atoms with Gasteiger partial charge in [-0.05, 0) is 112 Å². The highest BCUT2D eigenvalue weighted by Gasteiger charge is 2.74. The van der Waals surface area contributed by atoms with Crippen molar-refractivity contribution in [2.75, 3.05) is 26.4 Å². The Labute approximate surface area is 561 Å². The van der Waals surface area contributed by atoms with Crippen molar-refractivity contribution in [2.24, 2.45) is 50.2 Å². The van der Waals surface area contributed by atoms with Crippen molar-refractivity contribution in [1.29, 1.82) is 0 Å². The number of hydrogen-bond acceptors (Lipinski definition) is 32. The molecule has 0 radical (unpaired) electrons. The lowest BCUT2D eigenvalue weighted by Gasteiger charge is -2.72. The molecule has 32 nitrogen and oxygen atoms in total. The van der Waals surface area contributed by atoms with Crippen LogP contribution in [0.15, 0.2) is 11.6 Å². The highest BCUT2D eigenvalue weighted by Crippen LogP contribution is 2.76. The maximum Gasteiger partial charge on any atom is 0.317 e. The van der Waals surface area contributed by atoms with E-state index in [0.29, 0.717) is 32.1 Å². The van der Waals surface area contributed by atoms with Crippen LogP contribution in [-0.2, 0) is 61.6 Å². The zero-order valence-corrected chi connectivity index (χ0v) is 56.1. The van der Waals surface area contributed by atoms with Crippen LogP contribution in [0.5, 0.6) is 0 Å². The molecule has 0 unspecified atom stereocenters. The Balaban J connectivity index is 0.802. The molecule has 6 heterocycles. The van der Waals surface area contributed by atoms with Gasteiger partial charge in [0.1, 0.15) is 121 Å². The molecule has 97 heavy (non-hydrogen) atoms. The molecular weight excluding hydrogens is 1290 g/mol. The third-order valence-corrected chi connectivity index (χ3v) is 25.3. The summed E-state index contributed by atoms with van der Waals surface area (Å²) in [4.78, 5) is 15.7. The van der Waals surface area contributed by atoms with E-state index in [1.165, 1.54) is 20.8 Å². The van der Waals surface area contributed by atoms with Crippen molar-refractivity contribution in [3.05, 3.63) is 11.6 Å². The summed E-state index contributed by atoms with van der Waals surface area (Å²) < 4.78 is 71.2. The number of aliphatic hydroxyl groups is 19. The molecule has 558 valence electrons. The third kappa shape index (κ3) is 12.7. The normalized spacial score (nSPS) is 56.2. The van der Waals surface area contributed by atoms with Gasteiger partial charge in [0, 0.05) is 5.41 Å². The first-order valence-corrected chi connectivity index (χ1v) is 34.2. The molecule has 5 aliphatic carbocycles. The van der Waals surface area contributed by atoms with Gasteiger partial charge in [0.05, 0.1) is 63.1 Å². The number of fused-ring (bicyclic) bond motifs is 7. The maximum atomic E-state index is 15.7. The molecule has 10 fully saturated rings. The van der Waals surface area contributed by atoms with Gasteiger partial charge in [-0.3, -0.25) is 4.79 Å². The van der Waals surface area contributed by atoms with E-state index in [1.54, 1.807) is 6.92 Å². The van der Waals surface area contributed by atoms with Gasteiger partial charge < -0.3 is 154 Å². The van der Waals surface area contributed by atoms with Gasteiger partial charge >= 0.3 is 5.97 Å². The molecule has 0 spiro atoms. The average Bonchev–Trinajstić information content (AvgIpc) is 0.670. The molecule has 40 atom stereocenters. The van der Waals surface area contributed by atoms with Gasteiger partial charge in [0.25, 0.3) is 0 Å². The molecule has 4 saturated carbocycles. The van der Waals surface area contributed by atoms with Gasteiger partial charge in [-0.1, -0.05) is 53.2 Å². The molecule has 0 aromatic carbocycles. The molecule has 6 aliphatic heterocycles. The molecule has 32 heteroatoms. The Morgan fingerprint density at radius 1 is 0.485 bits per heavy atom. The second kappa shape index (κ2) is 28.1. The summed E-state index contributed by atoms with van der Waals surface area (Å²) in [5.74, 6) is -2.13. The van der Waals surface area contributed by atoms with E-state index < -0.39 is 262 Å². The van der Waals surface area contributed by atoms with Crippen LogP contribution < -0.4 is 0 Å². The monoisotopic (exact) mass is 1400 g/mol. The van der Waals surface area contributed by atoms with E-state index in [2.05, 4.69) is 40.7 Å². The van der Waals surface area contributed by atoms with E-state index in [1.807, 2.05) is 0 Å². The minimum absolute atomic E-state index is 0.0687. The number of ether oxygens (including phenoxy) is 12. The van der Waals surface area contributed by atoms with E-state index in [0.717, 1.165) is 5.57 Å². The van der Waals surface area contributed by atoms with E-state index >= 15 is 4.79 Å². The van der Waals surface area contributed by atoms with Crippen LogP contribution in [0.25, 0.3) is 0 Å². The van der Waals surface area contributed by atoms with Crippen molar-refractivity contribution in [3.8, 4) is 0 Å². The smallest absolute Gasteiger partial charge is 0.317 e. The van der Waals surface area contributed by atoms with Crippen molar-refractivity contribution >= 4 is 5.97 Å². The van der Waals surface area contributed by atoms with E-state index in [-0.39, 0.29) is 36.5 Å². The lowest BCUT2D eigenvalue weighted by molar-refractivity contribution is -0.380. The summed E-state index contributed by atoms with van der Waals surface area (Å²) in [6, 6.07) is 0. The second-order valence-corrected chi connectivity index (χ2v) is 31.5. The topological polar surface area (TPSA) is 512 Å². The van der Waals surface area contributed by atoms with Crippen molar-refractivity contribution in [3.63, 3.8) is 0 Å². The number of esters is 1. The highest BCUT2D eigenvalue weighted by atomic mass is 16.8. The number of aliphatic hydroxyl groups excluding tert-OH is 19. The second-order valence-electron chi connectivity index (χ2n) is 31.5. The molecule has 6 saturated heterocycles. The molecule has 11 rings (SSSR count). The fourth-order valence-electron chi connectivity index (χ4n) is 19.3. The number of carbonyl (C=O) groups excluding carboxylic acids is 1. The largest absolute Gasteiger partial charge is 0.432 e. The van der Waals surface area contributed by atoms with Crippen molar-refractivity contribution in [1.82, 2.24) is 0 Å². The first-order valence-electron chi connectivity index (χ1n) is 34.2. The third-order valence-electron chi connectivity index (χ3n) is 25.3.